The highest BCUT2D eigenvalue weighted by Gasteiger charge is 2.16. The fraction of sp³-hybridized carbons (Fsp3) is 0.200. The van der Waals surface area contributed by atoms with Crippen LogP contribution < -0.4 is 11.3 Å². The van der Waals surface area contributed by atoms with E-state index < -0.39 is 0 Å². The summed E-state index contributed by atoms with van der Waals surface area (Å²) in [5.41, 5.74) is 9.70. The maximum absolute atomic E-state index is 12.9. The van der Waals surface area contributed by atoms with E-state index in [0.29, 0.717) is 12.2 Å². The van der Waals surface area contributed by atoms with Crippen molar-refractivity contribution in [3.05, 3.63) is 65.1 Å². The van der Waals surface area contributed by atoms with Gasteiger partial charge in [0.15, 0.2) is 0 Å². The van der Waals surface area contributed by atoms with Crippen LogP contribution in [-0.4, -0.2) is 20.7 Å². The molecule has 25 heavy (non-hydrogen) atoms. The third-order valence-corrected chi connectivity index (χ3v) is 4.63. The van der Waals surface area contributed by atoms with Gasteiger partial charge in [-0.3, -0.25) is 4.79 Å². The van der Waals surface area contributed by atoms with Gasteiger partial charge in [0.05, 0.1) is 11.0 Å². The number of aryl methyl sites for hydroxylation is 2. The minimum atomic E-state index is -0.0829. The molecule has 5 heteroatoms. The van der Waals surface area contributed by atoms with Crippen molar-refractivity contribution in [1.82, 2.24) is 14.1 Å². The first-order valence-corrected chi connectivity index (χ1v) is 8.45. The first kappa shape index (κ1) is 15.6. The number of para-hydroxylation sites is 3. The van der Waals surface area contributed by atoms with Crippen LogP contribution in [0.1, 0.15) is 6.42 Å². The predicted molar refractivity (Wildman–Crippen MR) is 102 cm³/mol. The summed E-state index contributed by atoms with van der Waals surface area (Å²) in [6.07, 6.45) is 2.92. The Balaban J connectivity index is 2.00. The molecule has 126 valence electrons. The summed E-state index contributed by atoms with van der Waals surface area (Å²) in [6, 6.07) is 15.8. The van der Waals surface area contributed by atoms with Gasteiger partial charge in [0.25, 0.3) is 5.56 Å². The molecule has 0 bridgehead atoms. The Morgan fingerprint density at radius 1 is 1.04 bits per heavy atom. The molecule has 4 rings (SSSR count). The number of hydrogen-bond donors (Lipinski definition) is 1. The van der Waals surface area contributed by atoms with Crippen molar-refractivity contribution in [2.75, 3.05) is 6.54 Å². The summed E-state index contributed by atoms with van der Waals surface area (Å²) in [5, 5.41) is 1.04. The van der Waals surface area contributed by atoms with Gasteiger partial charge in [-0.2, -0.15) is 0 Å². The summed E-state index contributed by atoms with van der Waals surface area (Å²) >= 11 is 0. The minimum absolute atomic E-state index is 0.0829. The quantitative estimate of drug-likeness (QED) is 0.625. The maximum atomic E-state index is 12.9. The van der Waals surface area contributed by atoms with Gasteiger partial charge in [0, 0.05) is 36.3 Å². The highest BCUT2D eigenvalue weighted by Crippen LogP contribution is 2.28. The van der Waals surface area contributed by atoms with Crippen molar-refractivity contribution in [2.24, 2.45) is 12.8 Å². The highest BCUT2D eigenvalue weighted by atomic mass is 16.1. The number of fused-ring (bicyclic) bond motifs is 2. The Bertz CT molecular complexity index is 1120. The molecule has 0 atom stereocenters. The van der Waals surface area contributed by atoms with Crippen molar-refractivity contribution in [1.29, 1.82) is 0 Å². The Kier molecular flexibility index (Phi) is 3.86. The van der Waals surface area contributed by atoms with Gasteiger partial charge in [-0.1, -0.05) is 30.3 Å². The number of benzene rings is 2. The molecule has 0 amide bonds. The van der Waals surface area contributed by atoms with Crippen LogP contribution in [0.15, 0.2) is 59.5 Å². The van der Waals surface area contributed by atoms with Crippen LogP contribution >= 0.6 is 0 Å². The molecule has 0 aliphatic heterocycles. The second kappa shape index (κ2) is 6.18. The molecular weight excluding hydrogens is 312 g/mol. The van der Waals surface area contributed by atoms with Crippen LogP contribution in [0, 0.1) is 0 Å². The largest absolute Gasteiger partial charge is 0.347 e. The lowest BCUT2D eigenvalue weighted by atomic mass is 10.1. The molecule has 0 spiro atoms. The third kappa shape index (κ3) is 2.53. The topological polar surface area (TPSA) is 65.8 Å². The standard InChI is InChI=1S/C20H20N4O/c1-23-18-10-5-3-8-16(18)22-19(20(23)25)15-13-24(12-6-11-21)17-9-4-2-7-14(15)17/h2-5,7-10,13H,6,11-12,21H2,1H3. The first-order chi connectivity index (χ1) is 12.2. The number of nitrogens with two attached hydrogens (primary N) is 1. The zero-order valence-corrected chi connectivity index (χ0v) is 14.1. The third-order valence-electron chi connectivity index (χ3n) is 4.63. The molecule has 0 aliphatic rings. The van der Waals surface area contributed by atoms with Crippen molar-refractivity contribution in [3.63, 3.8) is 0 Å². The molecule has 2 aromatic carbocycles. The van der Waals surface area contributed by atoms with E-state index in [1.807, 2.05) is 48.7 Å². The van der Waals surface area contributed by atoms with E-state index in [9.17, 15) is 4.79 Å². The smallest absolute Gasteiger partial charge is 0.277 e. The van der Waals surface area contributed by atoms with E-state index in [0.717, 1.165) is 40.5 Å². The normalized spacial score (nSPS) is 11.4. The molecule has 0 radical (unpaired) electrons. The van der Waals surface area contributed by atoms with Crippen LogP contribution in [0.5, 0.6) is 0 Å². The van der Waals surface area contributed by atoms with Crippen molar-refractivity contribution >= 4 is 21.9 Å². The number of rotatable bonds is 4. The summed E-state index contributed by atoms with van der Waals surface area (Å²) in [4.78, 5) is 17.6. The number of hydrogen-bond acceptors (Lipinski definition) is 3. The van der Waals surface area contributed by atoms with E-state index in [2.05, 4.69) is 15.6 Å². The SMILES string of the molecule is Cn1c(=O)c(-c2cn(CCCN)c3ccccc23)nc2ccccc21. The second-order valence-corrected chi connectivity index (χ2v) is 6.21. The average molecular weight is 332 g/mol. The van der Waals surface area contributed by atoms with Crippen molar-refractivity contribution < 1.29 is 0 Å². The fourth-order valence-corrected chi connectivity index (χ4v) is 3.34. The summed E-state index contributed by atoms with van der Waals surface area (Å²) in [6.45, 7) is 1.46. The van der Waals surface area contributed by atoms with E-state index in [1.54, 1.807) is 11.6 Å². The Morgan fingerprint density at radius 2 is 1.76 bits per heavy atom. The van der Waals surface area contributed by atoms with Gasteiger partial charge in [0.2, 0.25) is 0 Å². The van der Waals surface area contributed by atoms with E-state index in [-0.39, 0.29) is 5.56 Å². The van der Waals surface area contributed by atoms with Gasteiger partial charge in [-0.05, 0) is 31.2 Å². The molecule has 0 saturated carbocycles. The molecule has 0 aliphatic carbocycles. The van der Waals surface area contributed by atoms with E-state index in [1.165, 1.54) is 0 Å². The molecule has 0 saturated heterocycles. The van der Waals surface area contributed by atoms with Crippen molar-refractivity contribution in [3.8, 4) is 11.3 Å². The van der Waals surface area contributed by atoms with Crippen LogP contribution in [0.3, 0.4) is 0 Å². The van der Waals surface area contributed by atoms with Gasteiger partial charge in [-0.25, -0.2) is 4.98 Å². The molecule has 2 N–H and O–H groups in total. The Morgan fingerprint density at radius 3 is 2.56 bits per heavy atom. The molecule has 2 heterocycles. The number of nitrogens with zero attached hydrogens (tertiary/aromatic N) is 3. The Labute approximate surface area is 145 Å². The monoisotopic (exact) mass is 332 g/mol. The molecule has 0 unspecified atom stereocenters. The molecular formula is C20H20N4O. The summed E-state index contributed by atoms with van der Waals surface area (Å²) in [5.74, 6) is 0. The maximum Gasteiger partial charge on any atom is 0.277 e. The highest BCUT2D eigenvalue weighted by molar-refractivity contribution is 5.95. The lowest BCUT2D eigenvalue weighted by Crippen LogP contribution is -2.20. The van der Waals surface area contributed by atoms with Crippen LogP contribution in [0.4, 0.5) is 0 Å². The molecule has 4 aromatic rings. The van der Waals surface area contributed by atoms with E-state index >= 15 is 0 Å². The zero-order chi connectivity index (χ0) is 17.4. The van der Waals surface area contributed by atoms with E-state index in [4.69, 9.17) is 5.73 Å². The van der Waals surface area contributed by atoms with Crippen molar-refractivity contribution in [2.45, 2.75) is 13.0 Å². The average Bonchev–Trinajstić information content (AvgIpc) is 3.01. The lowest BCUT2D eigenvalue weighted by molar-refractivity contribution is 0.671. The summed E-state index contributed by atoms with van der Waals surface area (Å²) in [7, 11) is 1.80. The predicted octanol–water partition coefficient (Wildman–Crippen LogP) is 2.90. The fourth-order valence-electron chi connectivity index (χ4n) is 3.34. The van der Waals surface area contributed by atoms with Gasteiger partial charge in [-0.15, -0.1) is 0 Å². The number of aromatic nitrogens is 3. The van der Waals surface area contributed by atoms with Crippen LogP contribution in [0.25, 0.3) is 33.2 Å². The molecule has 2 aromatic heterocycles. The summed E-state index contributed by atoms with van der Waals surface area (Å²) < 4.78 is 3.83. The van der Waals surface area contributed by atoms with Gasteiger partial charge < -0.3 is 14.9 Å². The van der Waals surface area contributed by atoms with Crippen LogP contribution in [-0.2, 0) is 13.6 Å². The van der Waals surface area contributed by atoms with Gasteiger partial charge >= 0.3 is 0 Å². The molecule has 0 fully saturated rings. The first-order valence-electron chi connectivity index (χ1n) is 8.45. The van der Waals surface area contributed by atoms with Crippen LogP contribution in [0.2, 0.25) is 0 Å². The Hall–Kier alpha value is -2.92. The zero-order valence-electron chi connectivity index (χ0n) is 14.1. The minimum Gasteiger partial charge on any atom is -0.347 e. The van der Waals surface area contributed by atoms with Gasteiger partial charge in [0.1, 0.15) is 5.69 Å². The lowest BCUT2D eigenvalue weighted by Gasteiger charge is -2.07. The molecule has 5 nitrogen and oxygen atoms in total. The second-order valence-electron chi connectivity index (χ2n) is 6.21.